The van der Waals surface area contributed by atoms with Gasteiger partial charge in [0.05, 0.1) is 11.3 Å². The van der Waals surface area contributed by atoms with E-state index in [1.165, 1.54) is 6.07 Å². The van der Waals surface area contributed by atoms with Gasteiger partial charge in [0, 0.05) is 5.69 Å². The molecular formula is C10H12N2O6S. The van der Waals surface area contributed by atoms with E-state index >= 15 is 0 Å². The summed E-state index contributed by atoms with van der Waals surface area (Å²) in [6, 6.07) is 3.53. The lowest BCUT2D eigenvalue weighted by Crippen LogP contribution is -2.32. The lowest BCUT2D eigenvalue weighted by Gasteiger charge is -2.13. The van der Waals surface area contributed by atoms with Gasteiger partial charge >= 0.3 is 11.9 Å². The summed E-state index contributed by atoms with van der Waals surface area (Å²) < 4.78 is 25.3. The highest BCUT2D eigenvalue weighted by Crippen LogP contribution is 2.21. The first kappa shape index (κ1) is 14.8. The van der Waals surface area contributed by atoms with Crippen LogP contribution >= 0.6 is 0 Å². The Morgan fingerprint density at radius 2 is 1.89 bits per heavy atom. The second-order valence-electron chi connectivity index (χ2n) is 3.74. The molecule has 0 saturated carbocycles. The Hall–Kier alpha value is -2.29. The van der Waals surface area contributed by atoms with Gasteiger partial charge < -0.3 is 15.9 Å². The quantitative estimate of drug-likeness (QED) is 0.565. The van der Waals surface area contributed by atoms with E-state index in [0.717, 1.165) is 19.1 Å². The van der Waals surface area contributed by atoms with Gasteiger partial charge in [-0.3, -0.25) is 9.52 Å². The summed E-state index contributed by atoms with van der Waals surface area (Å²) in [4.78, 5) is 21.6. The van der Waals surface area contributed by atoms with Gasteiger partial charge in [-0.05, 0) is 25.1 Å². The molecule has 0 fully saturated rings. The van der Waals surface area contributed by atoms with Gasteiger partial charge in [-0.15, -0.1) is 0 Å². The highest BCUT2D eigenvalue weighted by Gasteiger charge is 2.28. The topological polar surface area (TPSA) is 147 Å². The van der Waals surface area contributed by atoms with Crippen LogP contribution in [-0.2, 0) is 14.8 Å². The monoisotopic (exact) mass is 288 g/mol. The maximum Gasteiger partial charge on any atom is 0.337 e. The number of carboxylic acids is 2. The number of hydrogen-bond donors (Lipinski definition) is 4. The van der Waals surface area contributed by atoms with E-state index < -0.39 is 27.2 Å². The van der Waals surface area contributed by atoms with E-state index in [1.807, 2.05) is 4.72 Å². The molecule has 1 atom stereocenters. The second kappa shape index (κ2) is 5.14. The summed E-state index contributed by atoms with van der Waals surface area (Å²) in [7, 11) is -4.24. The molecule has 1 unspecified atom stereocenters. The number of anilines is 2. The van der Waals surface area contributed by atoms with Crippen LogP contribution in [0.25, 0.3) is 0 Å². The van der Waals surface area contributed by atoms with Crippen molar-refractivity contribution in [1.29, 1.82) is 0 Å². The Bertz CT molecular complexity index is 625. The third kappa shape index (κ3) is 3.35. The molecule has 0 aromatic heterocycles. The molecule has 0 aliphatic rings. The number of hydrogen-bond acceptors (Lipinski definition) is 5. The van der Waals surface area contributed by atoms with Crippen LogP contribution in [0.5, 0.6) is 0 Å². The number of benzene rings is 1. The van der Waals surface area contributed by atoms with E-state index in [1.54, 1.807) is 0 Å². The van der Waals surface area contributed by atoms with Crippen LogP contribution in [0, 0.1) is 0 Å². The van der Waals surface area contributed by atoms with Gasteiger partial charge in [0.1, 0.15) is 0 Å². The zero-order valence-electron chi connectivity index (χ0n) is 9.82. The molecule has 0 saturated heterocycles. The summed E-state index contributed by atoms with van der Waals surface area (Å²) in [6.45, 7) is 0.975. The number of nitrogens with one attached hydrogen (secondary N) is 1. The highest BCUT2D eigenvalue weighted by molar-refractivity contribution is 7.94. The van der Waals surface area contributed by atoms with Crippen LogP contribution in [0.15, 0.2) is 18.2 Å². The summed E-state index contributed by atoms with van der Waals surface area (Å²) in [5.74, 6) is -2.92. The zero-order valence-corrected chi connectivity index (χ0v) is 10.6. The van der Waals surface area contributed by atoms with Crippen molar-refractivity contribution in [3.8, 4) is 0 Å². The molecule has 0 bridgehead atoms. The maximum absolute atomic E-state index is 11.7. The van der Waals surface area contributed by atoms with Crippen molar-refractivity contribution in [2.45, 2.75) is 12.2 Å². The number of sulfonamides is 1. The van der Waals surface area contributed by atoms with E-state index in [0.29, 0.717) is 0 Å². The minimum absolute atomic E-state index is 0.145. The third-order valence-electron chi connectivity index (χ3n) is 2.34. The van der Waals surface area contributed by atoms with Crippen LogP contribution < -0.4 is 10.5 Å². The van der Waals surface area contributed by atoms with Crippen LogP contribution in [0.4, 0.5) is 11.4 Å². The lowest BCUT2D eigenvalue weighted by molar-refractivity contribution is -0.136. The smallest absolute Gasteiger partial charge is 0.337 e. The van der Waals surface area contributed by atoms with Gasteiger partial charge in [0.15, 0.2) is 5.25 Å². The summed E-state index contributed by atoms with van der Waals surface area (Å²) in [5.41, 5.74) is 4.95. The van der Waals surface area contributed by atoms with Crippen LogP contribution in [-0.4, -0.2) is 35.8 Å². The SMILES string of the molecule is CC(C(=O)O)S(=O)(=O)Nc1ccc(N)cc1C(=O)O. The van der Waals surface area contributed by atoms with E-state index in [4.69, 9.17) is 15.9 Å². The lowest BCUT2D eigenvalue weighted by atomic mass is 10.1. The standard InChI is InChI=1S/C10H12N2O6S/c1-5(9(13)14)19(17,18)12-8-3-2-6(11)4-7(8)10(15)16/h2-5,12H,11H2,1H3,(H,13,14)(H,15,16). The number of nitrogens with two attached hydrogens (primary N) is 1. The summed E-state index contributed by atoms with van der Waals surface area (Å²) in [5, 5.41) is 15.9. The Morgan fingerprint density at radius 3 is 2.37 bits per heavy atom. The average molecular weight is 288 g/mol. The maximum atomic E-state index is 11.7. The number of carboxylic acid groups (broad SMARTS) is 2. The first-order valence-electron chi connectivity index (χ1n) is 5.02. The van der Waals surface area contributed by atoms with Crippen molar-refractivity contribution in [1.82, 2.24) is 0 Å². The second-order valence-corrected chi connectivity index (χ2v) is 5.74. The Labute approximate surface area is 108 Å². The number of nitrogen functional groups attached to an aromatic ring is 1. The van der Waals surface area contributed by atoms with Crippen LogP contribution in [0.1, 0.15) is 17.3 Å². The van der Waals surface area contributed by atoms with Crippen molar-refractivity contribution >= 4 is 33.3 Å². The Balaban J connectivity index is 3.20. The first-order valence-corrected chi connectivity index (χ1v) is 6.57. The van der Waals surface area contributed by atoms with Gasteiger partial charge in [-0.1, -0.05) is 0 Å². The molecule has 0 amide bonds. The van der Waals surface area contributed by atoms with Crippen molar-refractivity contribution in [3.63, 3.8) is 0 Å². The normalized spacial score (nSPS) is 12.7. The van der Waals surface area contributed by atoms with Crippen molar-refractivity contribution < 1.29 is 28.2 Å². The highest BCUT2D eigenvalue weighted by atomic mass is 32.2. The van der Waals surface area contributed by atoms with Gasteiger partial charge in [-0.25, -0.2) is 13.2 Å². The molecule has 0 heterocycles. The molecule has 8 nitrogen and oxygen atoms in total. The van der Waals surface area contributed by atoms with Gasteiger partial charge in [0.25, 0.3) is 0 Å². The fraction of sp³-hybridized carbons (Fsp3) is 0.200. The van der Waals surface area contributed by atoms with Crippen LogP contribution in [0.3, 0.4) is 0 Å². The van der Waals surface area contributed by atoms with E-state index in [2.05, 4.69) is 0 Å². The van der Waals surface area contributed by atoms with Crippen LogP contribution in [0.2, 0.25) is 0 Å². The average Bonchev–Trinajstić information content (AvgIpc) is 2.29. The molecule has 0 spiro atoms. The molecule has 19 heavy (non-hydrogen) atoms. The van der Waals surface area contributed by atoms with E-state index in [-0.39, 0.29) is 16.9 Å². The molecule has 1 rings (SSSR count). The molecular weight excluding hydrogens is 276 g/mol. The van der Waals surface area contributed by atoms with Gasteiger partial charge in [0.2, 0.25) is 10.0 Å². The largest absolute Gasteiger partial charge is 0.480 e. The molecule has 9 heteroatoms. The summed E-state index contributed by atoms with van der Waals surface area (Å²) >= 11 is 0. The first-order chi connectivity index (χ1) is 8.65. The Kier molecular flexibility index (Phi) is 4.00. The number of carbonyl (C=O) groups is 2. The molecule has 1 aromatic carbocycles. The Morgan fingerprint density at radius 1 is 1.32 bits per heavy atom. The minimum atomic E-state index is -4.24. The molecule has 0 aliphatic heterocycles. The third-order valence-corrected chi connectivity index (χ3v) is 3.98. The number of aliphatic carboxylic acids is 1. The molecule has 104 valence electrons. The van der Waals surface area contributed by atoms with Crippen molar-refractivity contribution in [2.75, 3.05) is 10.5 Å². The fourth-order valence-electron chi connectivity index (χ4n) is 1.20. The van der Waals surface area contributed by atoms with E-state index in [9.17, 15) is 18.0 Å². The molecule has 0 radical (unpaired) electrons. The predicted molar refractivity (Wildman–Crippen MR) is 67.5 cm³/mol. The number of rotatable bonds is 5. The van der Waals surface area contributed by atoms with Crippen molar-refractivity contribution in [2.24, 2.45) is 0 Å². The minimum Gasteiger partial charge on any atom is -0.480 e. The number of aromatic carboxylic acids is 1. The molecule has 5 N–H and O–H groups in total. The molecule has 1 aromatic rings. The van der Waals surface area contributed by atoms with Crippen molar-refractivity contribution in [3.05, 3.63) is 23.8 Å². The molecule has 0 aliphatic carbocycles. The van der Waals surface area contributed by atoms with Gasteiger partial charge in [-0.2, -0.15) is 0 Å². The fourth-order valence-corrected chi connectivity index (χ4v) is 2.13. The predicted octanol–water partition coefficient (Wildman–Crippen LogP) is 0.182. The summed E-state index contributed by atoms with van der Waals surface area (Å²) in [6.07, 6.45) is 0. The zero-order chi connectivity index (χ0) is 14.8.